The molecule has 1 atom stereocenters. The highest BCUT2D eigenvalue weighted by Gasteiger charge is 2.14. The Morgan fingerprint density at radius 2 is 2.24 bits per heavy atom. The van der Waals surface area contributed by atoms with Gasteiger partial charge in [0.25, 0.3) is 0 Å². The van der Waals surface area contributed by atoms with Gasteiger partial charge in [-0.25, -0.2) is 0 Å². The lowest BCUT2D eigenvalue weighted by Crippen LogP contribution is -2.10. The molecule has 0 aromatic heterocycles. The van der Waals surface area contributed by atoms with Crippen LogP contribution in [0.15, 0.2) is 16.6 Å². The van der Waals surface area contributed by atoms with Gasteiger partial charge in [-0.3, -0.25) is 0 Å². The Balaban J connectivity index is 3.12. The zero-order valence-corrected chi connectivity index (χ0v) is 12.0. The van der Waals surface area contributed by atoms with E-state index < -0.39 is 6.10 Å². The van der Waals surface area contributed by atoms with Gasteiger partial charge in [-0.2, -0.15) is 5.26 Å². The Labute approximate surface area is 114 Å². The Bertz CT molecular complexity index is 431. The zero-order chi connectivity index (χ0) is 12.8. The minimum atomic E-state index is -0.535. The highest BCUT2D eigenvalue weighted by atomic mass is 79.9. The standard InChI is InChI=1S/C12H13BrClNO2/c1-3-16-11-5-9(6-14)4-10(13)12(11)17-8(2)7-15/h4-5,8H,3,6H2,1-2H3. The van der Waals surface area contributed by atoms with Crippen molar-refractivity contribution in [3.05, 3.63) is 22.2 Å². The number of ether oxygens (including phenoxy) is 2. The van der Waals surface area contributed by atoms with Crippen molar-refractivity contribution in [1.82, 2.24) is 0 Å². The van der Waals surface area contributed by atoms with E-state index in [-0.39, 0.29) is 0 Å². The van der Waals surface area contributed by atoms with Crippen LogP contribution in [-0.4, -0.2) is 12.7 Å². The van der Waals surface area contributed by atoms with Crippen molar-refractivity contribution >= 4 is 27.5 Å². The van der Waals surface area contributed by atoms with Crippen LogP contribution in [-0.2, 0) is 5.88 Å². The Hall–Kier alpha value is -0.920. The SMILES string of the molecule is CCOc1cc(CCl)cc(Br)c1OC(C)C#N. The molecule has 0 aliphatic heterocycles. The van der Waals surface area contributed by atoms with E-state index in [1.54, 1.807) is 6.92 Å². The maximum Gasteiger partial charge on any atom is 0.181 e. The first-order valence-corrected chi connectivity index (χ1v) is 6.52. The molecule has 0 spiro atoms. The third kappa shape index (κ3) is 3.79. The molecule has 0 heterocycles. The molecule has 1 aromatic rings. The predicted molar refractivity (Wildman–Crippen MR) is 70.6 cm³/mol. The van der Waals surface area contributed by atoms with Gasteiger partial charge < -0.3 is 9.47 Å². The highest BCUT2D eigenvalue weighted by molar-refractivity contribution is 9.10. The second kappa shape index (κ2) is 6.73. The molecule has 0 N–H and O–H groups in total. The summed E-state index contributed by atoms with van der Waals surface area (Å²) in [5, 5.41) is 8.76. The fourth-order valence-electron chi connectivity index (χ4n) is 1.28. The van der Waals surface area contributed by atoms with E-state index in [2.05, 4.69) is 15.9 Å². The summed E-state index contributed by atoms with van der Waals surface area (Å²) in [6, 6.07) is 5.69. The van der Waals surface area contributed by atoms with E-state index in [0.717, 1.165) is 10.0 Å². The third-order valence-electron chi connectivity index (χ3n) is 2.00. The van der Waals surface area contributed by atoms with E-state index in [1.807, 2.05) is 25.1 Å². The smallest absolute Gasteiger partial charge is 0.181 e. The van der Waals surface area contributed by atoms with E-state index in [0.29, 0.717) is 24.0 Å². The van der Waals surface area contributed by atoms with Crippen LogP contribution < -0.4 is 9.47 Å². The number of rotatable bonds is 5. The number of halogens is 2. The summed E-state index contributed by atoms with van der Waals surface area (Å²) in [7, 11) is 0. The van der Waals surface area contributed by atoms with Crippen molar-refractivity contribution in [2.75, 3.05) is 6.61 Å². The van der Waals surface area contributed by atoms with E-state index >= 15 is 0 Å². The van der Waals surface area contributed by atoms with E-state index in [4.69, 9.17) is 26.3 Å². The molecule has 17 heavy (non-hydrogen) atoms. The number of hydrogen-bond donors (Lipinski definition) is 0. The Morgan fingerprint density at radius 3 is 2.76 bits per heavy atom. The first kappa shape index (κ1) is 14.1. The molecule has 3 nitrogen and oxygen atoms in total. The van der Waals surface area contributed by atoms with Crippen molar-refractivity contribution in [1.29, 1.82) is 5.26 Å². The van der Waals surface area contributed by atoms with Gasteiger partial charge in [0.15, 0.2) is 17.6 Å². The summed E-state index contributed by atoms with van der Waals surface area (Å²) < 4.78 is 11.7. The fraction of sp³-hybridized carbons (Fsp3) is 0.417. The fourth-order valence-corrected chi connectivity index (χ4v) is 2.02. The zero-order valence-electron chi connectivity index (χ0n) is 9.67. The van der Waals surface area contributed by atoms with Crippen LogP contribution in [0.1, 0.15) is 19.4 Å². The normalized spacial score (nSPS) is 11.7. The van der Waals surface area contributed by atoms with Crippen LogP contribution >= 0.6 is 27.5 Å². The van der Waals surface area contributed by atoms with Gasteiger partial charge in [-0.15, -0.1) is 11.6 Å². The summed E-state index contributed by atoms with van der Waals surface area (Å²) in [5.74, 6) is 1.53. The van der Waals surface area contributed by atoms with Crippen molar-refractivity contribution in [2.45, 2.75) is 25.8 Å². The van der Waals surface area contributed by atoms with Crippen LogP contribution in [0, 0.1) is 11.3 Å². The number of nitrogens with zero attached hydrogens (tertiary/aromatic N) is 1. The largest absolute Gasteiger partial charge is 0.490 e. The molecule has 0 saturated carbocycles. The summed E-state index contributed by atoms with van der Waals surface area (Å²) in [5.41, 5.74) is 0.930. The maximum absolute atomic E-state index is 8.76. The molecule has 0 amide bonds. The van der Waals surface area contributed by atoms with Crippen molar-refractivity contribution in [3.8, 4) is 17.6 Å². The lowest BCUT2D eigenvalue weighted by atomic mass is 10.2. The monoisotopic (exact) mass is 317 g/mol. The van der Waals surface area contributed by atoms with Gasteiger partial charge in [-0.1, -0.05) is 0 Å². The van der Waals surface area contributed by atoms with Crippen LogP contribution in [0.5, 0.6) is 11.5 Å². The van der Waals surface area contributed by atoms with Gasteiger partial charge in [-0.05, 0) is 47.5 Å². The Kier molecular flexibility index (Phi) is 5.60. The first-order valence-electron chi connectivity index (χ1n) is 5.19. The van der Waals surface area contributed by atoms with Crippen molar-refractivity contribution < 1.29 is 9.47 Å². The molecule has 1 aromatic carbocycles. The number of alkyl halides is 1. The van der Waals surface area contributed by atoms with Gasteiger partial charge in [0, 0.05) is 5.88 Å². The van der Waals surface area contributed by atoms with Crippen molar-refractivity contribution in [3.63, 3.8) is 0 Å². The molecule has 5 heteroatoms. The van der Waals surface area contributed by atoms with E-state index in [9.17, 15) is 0 Å². The molecule has 0 aliphatic carbocycles. The second-order valence-electron chi connectivity index (χ2n) is 3.36. The summed E-state index contributed by atoms with van der Waals surface area (Å²) in [6.45, 7) is 4.09. The first-order chi connectivity index (χ1) is 8.12. The van der Waals surface area contributed by atoms with Crippen LogP contribution in [0.25, 0.3) is 0 Å². The van der Waals surface area contributed by atoms with Gasteiger partial charge in [0.05, 0.1) is 11.1 Å². The quantitative estimate of drug-likeness (QED) is 0.774. The van der Waals surface area contributed by atoms with E-state index in [1.165, 1.54) is 0 Å². The van der Waals surface area contributed by atoms with Crippen molar-refractivity contribution in [2.24, 2.45) is 0 Å². The topological polar surface area (TPSA) is 42.2 Å². The molecule has 0 fully saturated rings. The molecular weight excluding hydrogens is 305 g/mol. The summed E-state index contributed by atoms with van der Waals surface area (Å²) >= 11 is 9.18. The molecular formula is C12H13BrClNO2. The molecule has 92 valence electrons. The molecule has 0 saturated heterocycles. The Morgan fingerprint density at radius 1 is 1.53 bits per heavy atom. The predicted octanol–water partition coefficient (Wildman–Crippen LogP) is 3.88. The van der Waals surface area contributed by atoms with Gasteiger partial charge in [0.1, 0.15) is 6.07 Å². The number of hydrogen-bond acceptors (Lipinski definition) is 3. The molecule has 1 unspecified atom stereocenters. The molecule has 0 aliphatic rings. The van der Waals surface area contributed by atoms with Crippen LogP contribution in [0.2, 0.25) is 0 Å². The lowest BCUT2D eigenvalue weighted by Gasteiger charge is -2.15. The average molecular weight is 319 g/mol. The number of benzene rings is 1. The molecule has 0 bridgehead atoms. The summed E-state index contributed by atoms with van der Waals surface area (Å²) in [6.07, 6.45) is -0.535. The highest BCUT2D eigenvalue weighted by Crippen LogP contribution is 2.37. The molecule has 1 rings (SSSR count). The second-order valence-corrected chi connectivity index (χ2v) is 4.48. The van der Waals surface area contributed by atoms with Crippen LogP contribution in [0.4, 0.5) is 0 Å². The minimum Gasteiger partial charge on any atom is -0.490 e. The molecule has 0 radical (unpaired) electrons. The van der Waals surface area contributed by atoms with Crippen LogP contribution in [0.3, 0.4) is 0 Å². The third-order valence-corrected chi connectivity index (χ3v) is 2.90. The lowest BCUT2D eigenvalue weighted by molar-refractivity contribution is 0.248. The minimum absolute atomic E-state index is 0.396. The maximum atomic E-state index is 8.76. The number of nitriles is 1. The summed E-state index contributed by atoms with van der Waals surface area (Å²) in [4.78, 5) is 0. The van der Waals surface area contributed by atoms with Gasteiger partial charge >= 0.3 is 0 Å². The van der Waals surface area contributed by atoms with Gasteiger partial charge in [0.2, 0.25) is 0 Å². The average Bonchev–Trinajstić information content (AvgIpc) is 2.33.